The largest absolute Gasteiger partial charge is 0.462 e. The molecule has 3 atom stereocenters. The van der Waals surface area contributed by atoms with E-state index in [0.717, 1.165) is 45.1 Å². The molecule has 0 saturated carbocycles. The molecule has 1 aliphatic rings. The van der Waals surface area contributed by atoms with E-state index >= 15 is 0 Å². The van der Waals surface area contributed by atoms with Gasteiger partial charge in [-0.25, -0.2) is 0 Å². The van der Waals surface area contributed by atoms with Crippen LogP contribution in [-0.2, 0) is 38.2 Å². The van der Waals surface area contributed by atoms with Crippen molar-refractivity contribution in [2.75, 3.05) is 19.8 Å². The van der Waals surface area contributed by atoms with Crippen molar-refractivity contribution < 1.29 is 38.2 Å². The SMILES string of the molecule is CC(=O)CC(=O)OCCOC(=O)C(C)(CC(C)(C)CC(C)(C)CC(OC(C)=O)C(C)(C)CCCC(C)(C)C(CC(C)(C)C)N1CCCC1=O)C(C)(C)C. The Hall–Kier alpha value is -2.45. The molecule has 308 valence electrons. The molecule has 53 heavy (non-hydrogen) atoms. The van der Waals surface area contributed by atoms with E-state index in [1.165, 1.54) is 13.8 Å². The van der Waals surface area contributed by atoms with Crippen LogP contribution in [0.4, 0.5) is 0 Å². The molecular weight excluding hydrogens is 670 g/mol. The van der Waals surface area contributed by atoms with Gasteiger partial charge in [-0.3, -0.25) is 24.0 Å². The number of carbonyl (C=O) groups is 5. The number of ketones is 1. The highest BCUT2D eigenvalue weighted by molar-refractivity contribution is 5.94. The molecule has 1 amide bonds. The lowest BCUT2D eigenvalue weighted by Gasteiger charge is -2.47. The second kappa shape index (κ2) is 18.5. The van der Waals surface area contributed by atoms with Crippen molar-refractivity contribution in [1.29, 1.82) is 0 Å². The molecule has 9 nitrogen and oxygen atoms in total. The Morgan fingerprint density at radius 2 is 1.26 bits per heavy atom. The lowest BCUT2D eigenvalue weighted by Crippen LogP contribution is -2.48. The van der Waals surface area contributed by atoms with E-state index in [4.69, 9.17) is 14.2 Å². The molecule has 1 fully saturated rings. The van der Waals surface area contributed by atoms with Crippen molar-refractivity contribution in [3.05, 3.63) is 0 Å². The first-order valence-electron chi connectivity index (χ1n) is 20.0. The third-order valence-electron chi connectivity index (χ3n) is 11.6. The summed E-state index contributed by atoms with van der Waals surface area (Å²) in [5, 5.41) is 0. The molecular formula is C44H79NO8. The Morgan fingerprint density at radius 1 is 0.717 bits per heavy atom. The lowest BCUT2D eigenvalue weighted by molar-refractivity contribution is -0.169. The van der Waals surface area contributed by atoms with Crippen LogP contribution < -0.4 is 0 Å². The highest BCUT2D eigenvalue weighted by atomic mass is 16.6. The second-order valence-electron chi connectivity index (χ2n) is 21.6. The van der Waals surface area contributed by atoms with Crippen LogP contribution >= 0.6 is 0 Å². The van der Waals surface area contributed by atoms with Gasteiger partial charge in [0.05, 0.1) is 5.41 Å². The molecule has 1 rings (SSSR count). The molecule has 0 bridgehead atoms. The van der Waals surface area contributed by atoms with Gasteiger partial charge in [-0.15, -0.1) is 0 Å². The summed E-state index contributed by atoms with van der Waals surface area (Å²) in [5.41, 5.74) is -2.05. The zero-order valence-corrected chi connectivity index (χ0v) is 37.1. The van der Waals surface area contributed by atoms with E-state index in [9.17, 15) is 24.0 Å². The minimum Gasteiger partial charge on any atom is -0.462 e. The fourth-order valence-electron chi connectivity index (χ4n) is 8.63. The van der Waals surface area contributed by atoms with Gasteiger partial charge in [0.1, 0.15) is 31.5 Å². The Kier molecular flexibility index (Phi) is 16.9. The molecule has 1 aliphatic heterocycles. The molecule has 0 aromatic rings. The Bertz CT molecular complexity index is 1260. The maximum Gasteiger partial charge on any atom is 0.313 e. The van der Waals surface area contributed by atoms with Crippen molar-refractivity contribution in [3.8, 4) is 0 Å². The molecule has 0 aromatic carbocycles. The van der Waals surface area contributed by atoms with E-state index in [2.05, 4.69) is 81.1 Å². The molecule has 0 spiro atoms. The fraction of sp³-hybridized carbons (Fsp3) is 0.886. The topological polar surface area (TPSA) is 116 Å². The number of ether oxygens (including phenoxy) is 3. The number of Topliss-reactive ketones (excluding diaryl/α,β-unsaturated/α-hetero) is 1. The molecule has 0 aromatic heterocycles. The van der Waals surface area contributed by atoms with Crippen LogP contribution in [0.15, 0.2) is 0 Å². The van der Waals surface area contributed by atoms with Crippen LogP contribution in [0.25, 0.3) is 0 Å². The second-order valence-corrected chi connectivity index (χ2v) is 21.6. The van der Waals surface area contributed by atoms with Crippen molar-refractivity contribution in [3.63, 3.8) is 0 Å². The molecule has 3 unspecified atom stereocenters. The van der Waals surface area contributed by atoms with Gasteiger partial charge in [-0.2, -0.15) is 0 Å². The minimum absolute atomic E-state index is 0.0651. The van der Waals surface area contributed by atoms with Gasteiger partial charge in [0.15, 0.2) is 0 Å². The number of hydrogen-bond donors (Lipinski definition) is 0. The number of carbonyl (C=O) groups excluding carboxylic acids is 5. The molecule has 9 heteroatoms. The average Bonchev–Trinajstić information content (AvgIpc) is 3.35. The Balaban J connectivity index is 3.10. The zero-order valence-electron chi connectivity index (χ0n) is 37.1. The molecule has 1 heterocycles. The fourth-order valence-corrected chi connectivity index (χ4v) is 8.63. The van der Waals surface area contributed by atoms with Gasteiger partial charge < -0.3 is 19.1 Å². The van der Waals surface area contributed by atoms with Crippen LogP contribution in [0.1, 0.15) is 182 Å². The number of nitrogens with zero attached hydrogens (tertiary/aromatic N) is 1. The zero-order chi connectivity index (χ0) is 41.4. The van der Waals surface area contributed by atoms with Gasteiger partial charge >= 0.3 is 17.9 Å². The van der Waals surface area contributed by atoms with Crippen molar-refractivity contribution >= 4 is 29.6 Å². The van der Waals surface area contributed by atoms with Gasteiger partial charge in [0.2, 0.25) is 5.91 Å². The summed E-state index contributed by atoms with van der Waals surface area (Å²) in [6, 6.07) is 0.178. The number of hydrogen-bond acceptors (Lipinski definition) is 8. The number of esters is 3. The average molecular weight is 750 g/mol. The maximum atomic E-state index is 13.7. The standard InChI is InChI=1S/C44H79NO8/c1-31(46)26-36(49)51-24-25-52-37(50)44(17,39(6,7)8)30-41(11,12)29-40(9,10)28-34(53-32(2)47)43(15,16)22-19-21-42(13,14)33(27-38(3,4)5)45-23-18-20-35(45)48/h33-34H,18-30H2,1-17H3. The van der Waals surface area contributed by atoms with Gasteiger partial charge in [0, 0.05) is 31.3 Å². The van der Waals surface area contributed by atoms with Crippen LogP contribution in [0.5, 0.6) is 0 Å². The Morgan fingerprint density at radius 3 is 1.74 bits per heavy atom. The van der Waals surface area contributed by atoms with E-state index in [1.54, 1.807) is 0 Å². The van der Waals surface area contributed by atoms with Gasteiger partial charge in [-0.05, 0) is 85.9 Å². The van der Waals surface area contributed by atoms with E-state index in [1.807, 2.05) is 27.7 Å². The smallest absolute Gasteiger partial charge is 0.313 e. The monoisotopic (exact) mass is 750 g/mol. The first-order valence-corrected chi connectivity index (χ1v) is 20.0. The predicted molar refractivity (Wildman–Crippen MR) is 212 cm³/mol. The lowest BCUT2D eigenvalue weighted by atomic mass is 9.58. The van der Waals surface area contributed by atoms with Gasteiger partial charge in [0.25, 0.3) is 0 Å². The summed E-state index contributed by atoms with van der Waals surface area (Å²) >= 11 is 0. The Labute approximate surface area is 323 Å². The van der Waals surface area contributed by atoms with E-state index < -0.39 is 16.8 Å². The van der Waals surface area contributed by atoms with Crippen LogP contribution in [0.2, 0.25) is 0 Å². The first-order chi connectivity index (χ1) is 23.7. The number of likely N-dealkylation sites (tertiary alicyclic amines) is 1. The summed E-state index contributed by atoms with van der Waals surface area (Å²) in [5.74, 6) is -1.27. The highest BCUT2D eigenvalue weighted by Crippen LogP contribution is 2.52. The third kappa shape index (κ3) is 16.0. The summed E-state index contributed by atoms with van der Waals surface area (Å²) in [7, 11) is 0. The normalized spacial score (nSPS) is 17.2. The van der Waals surface area contributed by atoms with E-state index in [0.29, 0.717) is 19.3 Å². The van der Waals surface area contributed by atoms with Crippen LogP contribution in [0, 0.1) is 37.9 Å². The summed E-state index contributed by atoms with van der Waals surface area (Å²) < 4.78 is 16.9. The molecule has 1 saturated heterocycles. The highest BCUT2D eigenvalue weighted by Gasteiger charge is 2.50. The quantitative estimate of drug-likeness (QED) is 0.0493. The number of rotatable bonds is 21. The first kappa shape index (κ1) is 48.6. The van der Waals surface area contributed by atoms with E-state index in [-0.39, 0.29) is 82.5 Å². The molecule has 0 radical (unpaired) electrons. The van der Waals surface area contributed by atoms with Gasteiger partial charge in [-0.1, -0.05) is 103 Å². The summed E-state index contributed by atoms with van der Waals surface area (Å²) in [4.78, 5) is 64.2. The summed E-state index contributed by atoms with van der Waals surface area (Å²) in [6.45, 7) is 36.1. The summed E-state index contributed by atoms with van der Waals surface area (Å²) in [6.07, 6.45) is 6.73. The van der Waals surface area contributed by atoms with Crippen molar-refractivity contribution in [2.24, 2.45) is 37.9 Å². The predicted octanol–water partition coefficient (Wildman–Crippen LogP) is 9.91. The minimum atomic E-state index is -0.845. The molecule has 0 N–H and O–H groups in total. The van der Waals surface area contributed by atoms with Crippen LogP contribution in [0.3, 0.4) is 0 Å². The maximum absolute atomic E-state index is 13.7. The van der Waals surface area contributed by atoms with Crippen molar-refractivity contribution in [1.82, 2.24) is 4.90 Å². The number of amides is 1. The van der Waals surface area contributed by atoms with Crippen molar-refractivity contribution in [2.45, 2.75) is 194 Å². The molecule has 0 aliphatic carbocycles. The third-order valence-corrected chi connectivity index (χ3v) is 11.6. The van der Waals surface area contributed by atoms with Crippen LogP contribution in [-0.4, -0.2) is 66.4 Å².